The highest BCUT2D eigenvalue weighted by Crippen LogP contribution is 2.51. The lowest BCUT2D eigenvalue weighted by molar-refractivity contribution is -0.188. The fourth-order valence-electron chi connectivity index (χ4n) is 3.65. The van der Waals surface area contributed by atoms with Crippen LogP contribution in [-0.4, -0.2) is 41.5 Å². The van der Waals surface area contributed by atoms with Gasteiger partial charge >= 0.3 is 5.25 Å². The minimum atomic E-state index is -4.86. The van der Waals surface area contributed by atoms with Gasteiger partial charge in [0.1, 0.15) is 11.2 Å². The summed E-state index contributed by atoms with van der Waals surface area (Å²) in [6.45, 7) is 3.55. The average Bonchev–Trinajstić information content (AvgIpc) is 2.53. The Kier molecular flexibility index (Phi) is 6.00. The van der Waals surface area contributed by atoms with Crippen molar-refractivity contribution in [1.82, 2.24) is 0 Å². The van der Waals surface area contributed by atoms with Gasteiger partial charge in [0.25, 0.3) is 6.43 Å². The van der Waals surface area contributed by atoms with Crippen molar-refractivity contribution < 1.29 is 36.2 Å². The maximum Gasteiger partial charge on any atom is 0.377 e. The number of hydrogen-bond donors (Lipinski definition) is 2. The lowest BCUT2D eigenvalue weighted by Crippen LogP contribution is -2.60. The quantitative estimate of drug-likeness (QED) is 0.741. The SMILES string of the molecule is CC1CC(O)(C(F)(F)S(=O)(=O)c2ccccc2)C1.CC1CC(O)(C(F)F)C1. The minimum Gasteiger partial charge on any atom is -0.384 e. The standard InChI is InChI=1S/C12H14F2O3S.C6H10F2O/c1-9-7-11(15,8-9)12(13,14)18(16,17)10-5-3-2-4-6-10;1-4-2-6(9,3-4)5(7)8/h2-6,9,15H,7-8H2,1H3;4-5,9H,2-3H2,1H3. The molecule has 154 valence electrons. The largest absolute Gasteiger partial charge is 0.384 e. The number of alkyl halides is 4. The number of halogens is 4. The highest BCUT2D eigenvalue weighted by molar-refractivity contribution is 7.92. The predicted molar refractivity (Wildman–Crippen MR) is 91.3 cm³/mol. The molecule has 0 unspecified atom stereocenters. The molecular weight excluding hydrogens is 388 g/mol. The topological polar surface area (TPSA) is 74.6 Å². The smallest absolute Gasteiger partial charge is 0.377 e. The molecule has 0 aromatic heterocycles. The second-order valence-electron chi connectivity index (χ2n) is 7.80. The lowest BCUT2D eigenvalue weighted by atomic mass is 9.72. The molecule has 2 aliphatic carbocycles. The number of hydrogen-bond acceptors (Lipinski definition) is 4. The summed E-state index contributed by atoms with van der Waals surface area (Å²) in [5, 5.41) is 14.5. The first kappa shape index (κ1) is 22.1. The summed E-state index contributed by atoms with van der Waals surface area (Å²) in [7, 11) is -4.86. The summed E-state index contributed by atoms with van der Waals surface area (Å²) in [5.41, 5.74) is -4.08. The van der Waals surface area contributed by atoms with Gasteiger partial charge in [-0.1, -0.05) is 32.0 Å². The van der Waals surface area contributed by atoms with Crippen LogP contribution in [0.4, 0.5) is 17.6 Å². The zero-order valence-corrected chi connectivity index (χ0v) is 15.9. The summed E-state index contributed by atoms with van der Waals surface area (Å²) in [6, 6.07) is 6.49. The van der Waals surface area contributed by atoms with Gasteiger partial charge in [-0.15, -0.1) is 0 Å². The lowest BCUT2D eigenvalue weighted by Gasteiger charge is -2.45. The fraction of sp³-hybridized carbons (Fsp3) is 0.667. The van der Waals surface area contributed by atoms with E-state index in [4.69, 9.17) is 5.11 Å². The van der Waals surface area contributed by atoms with Gasteiger partial charge in [0.05, 0.1) is 4.90 Å². The van der Waals surface area contributed by atoms with E-state index in [2.05, 4.69) is 0 Å². The van der Waals surface area contributed by atoms with Crippen LogP contribution in [0.3, 0.4) is 0 Å². The molecule has 0 amide bonds. The highest BCUT2D eigenvalue weighted by atomic mass is 32.2. The molecular formula is C18H24F4O4S. The van der Waals surface area contributed by atoms with Crippen molar-refractivity contribution in [3.63, 3.8) is 0 Å². The van der Waals surface area contributed by atoms with Crippen LogP contribution in [0.1, 0.15) is 39.5 Å². The predicted octanol–water partition coefficient (Wildman–Crippen LogP) is 3.63. The van der Waals surface area contributed by atoms with E-state index in [1.807, 2.05) is 6.92 Å². The molecule has 3 rings (SSSR count). The molecule has 0 aliphatic heterocycles. The van der Waals surface area contributed by atoms with Crippen LogP contribution in [0.15, 0.2) is 35.2 Å². The number of benzene rings is 1. The van der Waals surface area contributed by atoms with Crippen molar-refractivity contribution in [2.24, 2.45) is 11.8 Å². The first-order valence-electron chi connectivity index (χ1n) is 8.65. The molecule has 0 spiro atoms. The van der Waals surface area contributed by atoms with Crippen LogP contribution in [-0.2, 0) is 9.84 Å². The number of sulfone groups is 1. The Hall–Kier alpha value is -1.19. The molecule has 2 saturated carbocycles. The van der Waals surface area contributed by atoms with Gasteiger partial charge in [0, 0.05) is 0 Å². The van der Waals surface area contributed by atoms with E-state index in [-0.39, 0.29) is 37.5 Å². The van der Waals surface area contributed by atoms with Gasteiger partial charge in [-0.05, 0) is 49.7 Å². The summed E-state index contributed by atoms with van der Waals surface area (Å²) in [4.78, 5) is -0.469. The highest BCUT2D eigenvalue weighted by Gasteiger charge is 2.66. The van der Waals surface area contributed by atoms with Gasteiger partial charge < -0.3 is 10.2 Å². The third-order valence-corrected chi connectivity index (χ3v) is 7.06. The van der Waals surface area contributed by atoms with Crippen LogP contribution in [0.2, 0.25) is 0 Å². The fourth-order valence-corrected chi connectivity index (χ4v) is 5.13. The molecule has 0 radical (unpaired) electrons. The van der Waals surface area contributed by atoms with E-state index in [1.54, 1.807) is 6.92 Å². The minimum absolute atomic E-state index is 0.0909. The van der Waals surface area contributed by atoms with Gasteiger partial charge in [0.2, 0.25) is 9.84 Å². The third kappa shape index (κ3) is 4.00. The van der Waals surface area contributed by atoms with Crippen LogP contribution in [0.25, 0.3) is 0 Å². The van der Waals surface area contributed by atoms with Crippen LogP contribution >= 0.6 is 0 Å². The summed E-state index contributed by atoms with van der Waals surface area (Å²) < 4.78 is 75.5. The van der Waals surface area contributed by atoms with E-state index in [0.29, 0.717) is 0 Å². The normalized spacial score (nSPS) is 33.5. The van der Waals surface area contributed by atoms with E-state index in [9.17, 15) is 31.1 Å². The van der Waals surface area contributed by atoms with Crippen molar-refractivity contribution >= 4 is 9.84 Å². The van der Waals surface area contributed by atoms with Gasteiger partial charge in [0.15, 0.2) is 0 Å². The maximum absolute atomic E-state index is 14.1. The van der Waals surface area contributed by atoms with E-state index < -0.39 is 37.6 Å². The third-order valence-electron chi connectivity index (χ3n) is 5.12. The van der Waals surface area contributed by atoms with E-state index in [1.165, 1.54) is 18.2 Å². The molecule has 0 bridgehead atoms. The first-order valence-corrected chi connectivity index (χ1v) is 10.1. The zero-order chi connectivity index (χ0) is 20.7. The summed E-state index contributed by atoms with van der Waals surface area (Å²) in [6.07, 6.45) is -2.46. The molecule has 2 N–H and O–H groups in total. The molecule has 4 nitrogen and oxygen atoms in total. The average molecular weight is 412 g/mol. The molecule has 1 aromatic rings. The molecule has 0 heterocycles. The molecule has 2 fully saturated rings. The Morgan fingerprint density at radius 3 is 1.78 bits per heavy atom. The summed E-state index contributed by atoms with van der Waals surface area (Å²) in [5.74, 6) is 0.177. The maximum atomic E-state index is 14.1. The molecule has 27 heavy (non-hydrogen) atoms. The Balaban J connectivity index is 0.000000244. The molecule has 1 aromatic carbocycles. The van der Waals surface area contributed by atoms with Crippen molar-refractivity contribution in [2.45, 2.75) is 67.3 Å². The number of rotatable bonds is 4. The molecule has 9 heteroatoms. The number of aliphatic hydroxyl groups is 2. The first-order chi connectivity index (χ1) is 12.3. The Labute approximate surface area is 156 Å². The van der Waals surface area contributed by atoms with Gasteiger partial charge in [-0.3, -0.25) is 0 Å². The monoisotopic (exact) mass is 412 g/mol. The van der Waals surface area contributed by atoms with Crippen molar-refractivity contribution in [1.29, 1.82) is 0 Å². The van der Waals surface area contributed by atoms with Crippen molar-refractivity contribution in [2.75, 3.05) is 0 Å². The van der Waals surface area contributed by atoms with Gasteiger partial charge in [-0.2, -0.15) is 8.78 Å². The Morgan fingerprint density at radius 2 is 1.44 bits per heavy atom. The summed E-state index contributed by atoms with van der Waals surface area (Å²) >= 11 is 0. The van der Waals surface area contributed by atoms with Crippen LogP contribution < -0.4 is 0 Å². The van der Waals surface area contributed by atoms with Crippen LogP contribution in [0.5, 0.6) is 0 Å². The molecule has 2 aliphatic rings. The van der Waals surface area contributed by atoms with Crippen molar-refractivity contribution in [3.05, 3.63) is 30.3 Å². The molecule has 0 atom stereocenters. The van der Waals surface area contributed by atoms with Crippen molar-refractivity contribution in [3.8, 4) is 0 Å². The van der Waals surface area contributed by atoms with E-state index >= 15 is 0 Å². The van der Waals surface area contributed by atoms with Crippen LogP contribution in [0, 0.1) is 11.8 Å². The van der Waals surface area contributed by atoms with Gasteiger partial charge in [-0.25, -0.2) is 17.2 Å². The second-order valence-corrected chi connectivity index (χ2v) is 9.79. The molecule has 0 saturated heterocycles. The Bertz CT molecular complexity index is 740. The Morgan fingerprint density at radius 1 is 1.00 bits per heavy atom. The van der Waals surface area contributed by atoms with E-state index in [0.717, 1.165) is 12.1 Å². The second kappa shape index (κ2) is 7.33. The zero-order valence-electron chi connectivity index (χ0n) is 15.1.